The van der Waals surface area contributed by atoms with Gasteiger partial charge in [-0.3, -0.25) is 18.6 Å². The van der Waals surface area contributed by atoms with Crippen LogP contribution in [0.3, 0.4) is 0 Å². The van der Waals surface area contributed by atoms with Gasteiger partial charge in [-0.2, -0.15) is 0 Å². The average molecular weight is 437 g/mol. The average Bonchev–Trinajstić information content (AvgIpc) is 3.15. The Labute approximate surface area is 183 Å². The van der Waals surface area contributed by atoms with Crippen molar-refractivity contribution in [2.45, 2.75) is 38.2 Å². The third-order valence-electron chi connectivity index (χ3n) is 6.27. The van der Waals surface area contributed by atoms with E-state index in [1.165, 1.54) is 4.57 Å². The second-order valence-corrected chi connectivity index (χ2v) is 8.59. The number of rotatable bonds is 4. The molecule has 0 aliphatic heterocycles. The summed E-state index contributed by atoms with van der Waals surface area (Å²) in [4.78, 5) is 25.8. The van der Waals surface area contributed by atoms with Gasteiger partial charge in [-0.15, -0.1) is 10.2 Å². The van der Waals surface area contributed by atoms with Crippen LogP contribution in [0.4, 0.5) is 0 Å². The van der Waals surface area contributed by atoms with E-state index in [1.54, 1.807) is 23.6 Å². The zero-order valence-corrected chi connectivity index (χ0v) is 18.0. The standard InChI is InChI=1S/C23H21ClN4O3/c1-14-4-9-18-17(12-14)20(29)27(2)22-26-25-19(28(18)22)13-31-21(30)23(10-3-11-23)15-5-7-16(24)8-6-15/h4-9,12H,3,10-11,13H2,1-2H3. The molecule has 0 saturated heterocycles. The van der Waals surface area contributed by atoms with Crippen LogP contribution in [0, 0.1) is 6.92 Å². The molecule has 31 heavy (non-hydrogen) atoms. The molecule has 0 bridgehead atoms. The molecule has 158 valence electrons. The van der Waals surface area contributed by atoms with Crippen molar-refractivity contribution < 1.29 is 9.53 Å². The van der Waals surface area contributed by atoms with E-state index in [4.69, 9.17) is 16.3 Å². The molecule has 1 aliphatic rings. The minimum atomic E-state index is -0.642. The van der Waals surface area contributed by atoms with Crippen LogP contribution in [0.2, 0.25) is 5.02 Å². The van der Waals surface area contributed by atoms with Crippen LogP contribution in [0.1, 0.15) is 36.2 Å². The number of ether oxygens (including phenoxy) is 1. The van der Waals surface area contributed by atoms with Crippen molar-refractivity contribution in [1.82, 2.24) is 19.2 Å². The predicted octanol–water partition coefficient (Wildman–Crippen LogP) is 3.71. The lowest BCUT2D eigenvalue weighted by atomic mass is 9.64. The van der Waals surface area contributed by atoms with Crippen molar-refractivity contribution in [2.75, 3.05) is 0 Å². The van der Waals surface area contributed by atoms with Gasteiger partial charge in [0.1, 0.15) is 0 Å². The molecule has 2 aromatic heterocycles. The van der Waals surface area contributed by atoms with Gasteiger partial charge in [0, 0.05) is 12.1 Å². The summed E-state index contributed by atoms with van der Waals surface area (Å²) in [5.41, 5.74) is 1.81. The molecule has 5 rings (SSSR count). The van der Waals surface area contributed by atoms with E-state index in [0.717, 1.165) is 30.4 Å². The van der Waals surface area contributed by atoms with E-state index in [9.17, 15) is 9.59 Å². The van der Waals surface area contributed by atoms with Crippen molar-refractivity contribution in [3.8, 4) is 0 Å². The molecule has 0 N–H and O–H groups in total. The van der Waals surface area contributed by atoms with E-state index in [-0.39, 0.29) is 18.1 Å². The summed E-state index contributed by atoms with van der Waals surface area (Å²) >= 11 is 6.01. The first kappa shape index (κ1) is 19.8. The van der Waals surface area contributed by atoms with Crippen LogP contribution in [-0.4, -0.2) is 25.1 Å². The Hall–Kier alpha value is -3.19. The molecule has 2 heterocycles. The molecule has 0 amide bonds. The van der Waals surface area contributed by atoms with Gasteiger partial charge in [-0.05, 0) is 49.6 Å². The van der Waals surface area contributed by atoms with Gasteiger partial charge in [-0.25, -0.2) is 0 Å². The van der Waals surface area contributed by atoms with E-state index in [2.05, 4.69) is 10.2 Å². The second kappa shape index (κ2) is 7.20. The summed E-state index contributed by atoms with van der Waals surface area (Å²) in [6, 6.07) is 13.0. The molecule has 7 nitrogen and oxygen atoms in total. The fourth-order valence-corrected chi connectivity index (χ4v) is 4.46. The number of aromatic nitrogens is 4. The van der Waals surface area contributed by atoms with E-state index in [0.29, 0.717) is 27.5 Å². The quantitative estimate of drug-likeness (QED) is 0.456. The molecule has 0 unspecified atom stereocenters. The van der Waals surface area contributed by atoms with Crippen molar-refractivity contribution in [2.24, 2.45) is 7.05 Å². The minimum absolute atomic E-state index is 0.0312. The fourth-order valence-electron chi connectivity index (χ4n) is 4.33. The van der Waals surface area contributed by atoms with E-state index >= 15 is 0 Å². The number of halogens is 1. The first-order valence-corrected chi connectivity index (χ1v) is 10.6. The molecular formula is C23H21ClN4O3. The molecule has 8 heteroatoms. The summed E-state index contributed by atoms with van der Waals surface area (Å²) in [6.07, 6.45) is 2.45. The number of benzene rings is 2. The van der Waals surface area contributed by atoms with E-state index < -0.39 is 5.41 Å². The number of esters is 1. The monoisotopic (exact) mass is 436 g/mol. The van der Waals surface area contributed by atoms with Gasteiger partial charge in [0.2, 0.25) is 5.78 Å². The summed E-state index contributed by atoms with van der Waals surface area (Å²) in [7, 11) is 1.66. The Balaban J connectivity index is 1.50. The Morgan fingerprint density at radius 1 is 1.16 bits per heavy atom. The summed E-state index contributed by atoms with van der Waals surface area (Å²) in [5.74, 6) is 0.602. The number of hydrogen-bond donors (Lipinski definition) is 0. The van der Waals surface area contributed by atoms with Crippen molar-refractivity contribution in [1.29, 1.82) is 0 Å². The Kier molecular flexibility index (Phi) is 4.59. The SMILES string of the molecule is Cc1ccc2c(c1)c(=O)n(C)c1nnc(COC(=O)C3(c4ccc(Cl)cc4)CCC3)n21. The first-order valence-electron chi connectivity index (χ1n) is 10.2. The van der Waals surface area contributed by atoms with Crippen molar-refractivity contribution >= 4 is 34.3 Å². The van der Waals surface area contributed by atoms with Crippen molar-refractivity contribution in [3.63, 3.8) is 0 Å². The van der Waals surface area contributed by atoms with Gasteiger partial charge in [0.05, 0.1) is 16.3 Å². The van der Waals surface area contributed by atoms with Crippen LogP contribution in [0.5, 0.6) is 0 Å². The maximum absolute atomic E-state index is 13.1. The zero-order chi connectivity index (χ0) is 21.8. The second-order valence-electron chi connectivity index (χ2n) is 8.16. The highest BCUT2D eigenvalue weighted by molar-refractivity contribution is 6.30. The Bertz CT molecular complexity index is 1380. The maximum atomic E-state index is 13.1. The third-order valence-corrected chi connectivity index (χ3v) is 6.52. The highest BCUT2D eigenvalue weighted by atomic mass is 35.5. The van der Waals surface area contributed by atoms with Crippen LogP contribution in [-0.2, 0) is 28.6 Å². The molecular weight excluding hydrogens is 416 g/mol. The smallest absolute Gasteiger partial charge is 0.317 e. The molecule has 0 atom stereocenters. The van der Waals surface area contributed by atoms with Gasteiger partial charge in [-0.1, -0.05) is 41.8 Å². The number of carbonyl (C=O) groups is 1. The molecule has 0 spiro atoms. The first-order chi connectivity index (χ1) is 14.9. The number of aryl methyl sites for hydroxylation is 2. The van der Waals surface area contributed by atoms with Gasteiger partial charge < -0.3 is 4.74 Å². The van der Waals surface area contributed by atoms with Gasteiger partial charge >= 0.3 is 5.97 Å². The summed E-state index contributed by atoms with van der Waals surface area (Å²) in [5, 5.41) is 9.58. The van der Waals surface area contributed by atoms with Gasteiger partial charge in [0.15, 0.2) is 12.4 Å². The number of carbonyl (C=O) groups excluding carboxylic acids is 1. The molecule has 1 fully saturated rings. The number of nitrogens with zero attached hydrogens (tertiary/aromatic N) is 4. The molecule has 1 saturated carbocycles. The lowest BCUT2D eigenvalue weighted by Crippen LogP contribution is -2.43. The minimum Gasteiger partial charge on any atom is -0.457 e. The number of hydrogen-bond acceptors (Lipinski definition) is 5. The third kappa shape index (κ3) is 3.03. The molecule has 2 aromatic carbocycles. The molecule has 1 aliphatic carbocycles. The van der Waals surface area contributed by atoms with E-state index in [1.807, 2.05) is 37.3 Å². The summed E-state index contributed by atoms with van der Waals surface area (Å²) < 4.78 is 8.98. The zero-order valence-electron chi connectivity index (χ0n) is 17.3. The van der Waals surface area contributed by atoms with Crippen LogP contribution in [0.15, 0.2) is 47.3 Å². The topological polar surface area (TPSA) is 78.5 Å². The largest absolute Gasteiger partial charge is 0.457 e. The van der Waals surface area contributed by atoms with Crippen molar-refractivity contribution in [3.05, 3.63) is 74.8 Å². The number of fused-ring (bicyclic) bond motifs is 3. The molecule has 0 radical (unpaired) electrons. The maximum Gasteiger partial charge on any atom is 0.317 e. The Morgan fingerprint density at radius 2 is 1.90 bits per heavy atom. The highest BCUT2D eigenvalue weighted by Crippen LogP contribution is 2.45. The normalized spacial score (nSPS) is 15.2. The van der Waals surface area contributed by atoms with Crippen LogP contribution >= 0.6 is 11.6 Å². The van der Waals surface area contributed by atoms with Gasteiger partial charge in [0.25, 0.3) is 5.56 Å². The highest BCUT2D eigenvalue weighted by Gasteiger charge is 2.47. The fraction of sp³-hybridized carbons (Fsp3) is 0.304. The van der Waals surface area contributed by atoms with Crippen LogP contribution in [0.25, 0.3) is 16.7 Å². The summed E-state index contributed by atoms with van der Waals surface area (Å²) in [6.45, 7) is 1.91. The lowest BCUT2D eigenvalue weighted by Gasteiger charge is -2.39. The predicted molar refractivity (Wildman–Crippen MR) is 117 cm³/mol. The lowest BCUT2D eigenvalue weighted by molar-refractivity contribution is -0.156. The Morgan fingerprint density at radius 3 is 2.58 bits per heavy atom. The molecule has 4 aromatic rings. The van der Waals surface area contributed by atoms with Crippen LogP contribution < -0.4 is 5.56 Å².